The summed E-state index contributed by atoms with van der Waals surface area (Å²) < 4.78 is 6.60. The maximum absolute atomic E-state index is 14.1. The average Bonchev–Trinajstić information content (AvgIpc) is 3.34. The number of hydrogen-bond acceptors (Lipinski definition) is 3. The monoisotopic (exact) mass is 634 g/mol. The van der Waals surface area contributed by atoms with Gasteiger partial charge in [-0.2, -0.15) is 0 Å². The molecule has 0 radical (unpaired) electrons. The van der Waals surface area contributed by atoms with Crippen LogP contribution in [0.15, 0.2) is 46.5 Å². The van der Waals surface area contributed by atoms with Crippen molar-refractivity contribution in [3.05, 3.63) is 52.0 Å². The van der Waals surface area contributed by atoms with Crippen molar-refractivity contribution in [2.45, 2.75) is 99.3 Å². The zero-order valence-electron chi connectivity index (χ0n) is 26.9. The van der Waals surface area contributed by atoms with Gasteiger partial charge in [-0.05, 0) is 140 Å². The highest BCUT2D eigenvalue weighted by molar-refractivity contribution is 9.10. The number of methoxy groups -OCH3 is 1. The van der Waals surface area contributed by atoms with Crippen LogP contribution in [0.3, 0.4) is 0 Å². The number of Topliss-reactive ketones (excluding diaryl/α,β-unsaturated/α-hetero) is 1. The SMILES string of the molecule is C=C(C)[C@@H]1CC[C@@]2(C(=O)OC)CC[C@]3(C)[C@H](CC[C@H]4[C@@]5(C)C/C(=C\c6ccc(Br)cc6)C(=O)C(C)(C)[C@H]5CC[C@@]43C)[C@@H]12. The molecule has 1 aromatic rings. The maximum atomic E-state index is 14.1. The van der Waals surface area contributed by atoms with E-state index in [2.05, 4.69) is 94.4 Å². The molecule has 0 N–H and O–H groups in total. The van der Waals surface area contributed by atoms with Gasteiger partial charge in [-0.3, -0.25) is 9.59 Å². The van der Waals surface area contributed by atoms with Crippen LogP contribution in [0.5, 0.6) is 0 Å². The fourth-order valence-corrected chi connectivity index (χ4v) is 12.7. The van der Waals surface area contributed by atoms with Crippen LogP contribution >= 0.6 is 15.9 Å². The van der Waals surface area contributed by atoms with Crippen molar-refractivity contribution in [3.63, 3.8) is 0 Å². The van der Waals surface area contributed by atoms with Crippen molar-refractivity contribution >= 4 is 33.8 Å². The number of halogens is 1. The lowest BCUT2D eigenvalue weighted by Gasteiger charge is -2.72. The minimum atomic E-state index is -0.379. The predicted molar refractivity (Wildman–Crippen MR) is 173 cm³/mol. The molecule has 0 heterocycles. The zero-order chi connectivity index (χ0) is 30.5. The number of ketones is 1. The van der Waals surface area contributed by atoms with E-state index in [1.165, 1.54) is 18.4 Å². The molecule has 6 rings (SSSR count). The highest BCUT2D eigenvalue weighted by Gasteiger charge is 2.72. The number of allylic oxidation sites excluding steroid dienone is 2. The Bertz CT molecular complexity index is 1340. The molecular formula is C38H51BrO3. The molecule has 0 saturated heterocycles. The fourth-order valence-electron chi connectivity index (χ4n) is 12.4. The van der Waals surface area contributed by atoms with E-state index in [4.69, 9.17) is 4.74 Å². The Morgan fingerprint density at radius 1 is 0.929 bits per heavy atom. The van der Waals surface area contributed by atoms with Crippen LogP contribution < -0.4 is 0 Å². The van der Waals surface area contributed by atoms with Crippen LogP contribution in [0.25, 0.3) is 6.08 Å². The highest BCUT2D eigenvalue weighted by Crippen LogP contribution is 2.77. The third-order valence-corrected chi connectivity index (χ3v) is 15.0. The second-order valence-corrected chi connectivity index (χ2v) is 17.2. The first-order chi connectivity index (χ1) is 19.7. The van der Waals surface area contributed by atoms with Gasteiger partial charge in [0.05, 0.1) is 12.5 Å². The predicted octanol–water partition coefficient (Wildman–Crippen LogP) is 9.84. The summed E-state index contributed by atoms with van der Waals surface area (Å²) in [5, 5.41) is 0. The molecule has 3 nitrogen and oxygen atoms in total. The molecule has 5 aliphatic rings. The highest BCUT2D eigenvalue weighted by atomic mass is 79.9. The Balaban J connectivity index is 1.41. The van der Waals surface area contributed by atoms with E-state index in [0.717, 1.165) is 60.6 Å². The van der Waals surface area contributed by atoms with Crippen molar-refractivity contribution < 1.29 is 14.3 Å². The van der Waals surface area contributed by atoms with Gasteiger partial charge in [-0.25, -0.2) is 0 Å². The summed E-state index contributed by atoms with van der Waals surface area (Å²) in [6, 6.07) is 8.35. The van der Waals surface area contributed by atoms with Gasteiger partial charge < -0.3 is 4.74 Å². The number of ether oxygens (including phenoxy) is 1. The molecule has 0 bridgehead atoms. The fraction of sp³-hybridized carbons (Fsp3) is 0.684. The van der Waals surface area contributed by atoms with E-state index in [0.29, 0.717) is 35.4 Å². The lowest BCUT2D eigenvalue weighted by molar-refractivity contribution is -0.232. The van der Waals surface area contributed by atoms with E-state index in [1.54, 1.807) is 7.11 Å². The third kappa shape index (κ3) is 3.94. The third-order valence-electron chi connectivity index (χ3n) is 14.5. The van der Waals surface area contributed by atoms with E-state index in [1.807, 2.05) is 0 Å². The van der Waals surface area contributed by atoms with Crippen molar-refractivity contribution in [1.29, 1.82) is 0 Å². The summed E-state index contributed by atoms with van der Waals surface area (Å²) in [4.78, 5) is 27.6. The van der Waals surface area contributed by atoms with Crippen LogP contribution in [0.4, 0.5) is 0 Å². The molecule has 228 valence electrons. The molecule has 5 fully saturated rings. The average molecular weight is 636 g/mol. The quantitative estimate of drug-likeness (QED) is 0.189. The Morgan fingerprint density at radius 2 is 1.62 bits per heavy atom. The Hall–Kier alpha value is -1.68. The van der Waals surface area contributed by atoms with Gasteiger partial charge in [0.15, 0.2) is 5.78 Å². The van der Waals surface area contributed by atoms with Gasteiger partial charge in [0.2, 0.25) is 0 Å². The second kappa shape index (κ2) is 9.91. The topological polar surface area (TPSA) is 43.4 Å². The number of carbonyl (C=O) groups excluding carboxylic acids is 2. The summed E-state index contributed by atoms with van der Waals surface area (Å²) in [6.07, 6.45) is 11.7. The normalized spacial score (nSPS) is 44.9. The van der Waals surface area contributed by atoms with Crippen LogP contribution in [0.1, 0.15) is 105 Å². The molecule has 5 aliphatic carbocycles. The van der Waals surface area contributed by atoms with Crippen molar-refractivity contribution in [2.75, 3.05) is 7.11 Å². The van der Waals surface area contributed by atoms with Gasteiger partial charge in [0.25, 0.3) is 0 Å². The lowest BCUT2D eigenvalue weighted by Crippen LogP contribution is -2.67. The first-order valence-electron chi connectivity index (χ1n) is 16.4. The number of benzene rings is 1. The molecule has 0 unspecified atom stereocenters. The number of rotatable bonds is 3. The van der Waals surface area contributed by atoms with Gasteiger partial charge in [-0.15, -0.1) is 0 Å². The number of fused-ring (bicyclic) bond motifs is 7. The minimum absolute atomic E-state index is 0.0245. The summed E-state index contributed by atoms with van der Waals surface area (Å²) in [5.41, 5.74) is 2.98. The summed E-state index contributed by atoms with van der Waals surface area (Å²) >= 11 is 3.56. The molecule has 4 heteroatoms. The van der Waals surface area contributed by atoms with E-state index in [-0.39, 0.29) is 33.0 Å². The Morgan fingerprint density at radius 3 is 2.26 bits per heavy atom. The Labute approximate surface area is 262 Å². The van der Waals surface area contributed by atoms with E-state index in [9.17, 15) is 9.59 Å². The molecular weight excluding hydrogens is 584 g/mol. The van der Waals surface area contributed by atoms with Crippen LogP contribution in [-0.2, 0) is 14.3 Å². The lowest BCUT2D eigenvalue weighted by atomic mass is 9.32. The van der Waals surface area contributed by atoms with Crippen LogP contribution in [0.2, 0.25) is 0 Å². The smallest absolute Gasteiger partial charge is 0.312 e. The number of carbonyl (C=O) groups is 2. The van der Waals surface area contributed by atoms with Crippen LogP contribution in [0, 0.1) is 56.7 Å². The Kier molecular flexibility index (Phi) is 7.16. The van der Waals surface area contributed by atoms with Crippen LogP contribution in [-0.4, -0.2) is 18.9 Å². The first kappa shape index (κ1) is 30.4. The van der Waals surface area contributed by atoms with Crippen molar-refractivity contribution in [3.8, 4) is 0 Å². The maximum Gasteiger partial charge on any atom is 0.312 e. The summed E-state index contributed by atoms with van der Waals surface area (Å²) in [7, 11) is 1.59. The minimum Gasteiger partial charge on any atom is -0.469 e. The summed E-state index contributed by atoms with van der Waals surface area (Å²) in [5.74, 6) is 2.50. The largest absolute Gasteiger partial charge is 0.469 e. The summed E-state index contributed by atoms with van der Waals surface area (Å²) in [6.45, 7) is 18.8. The molecule has 5 saturated carbocycles. The first-order valence-corrected chi connectivity index (χ1v) is 17.2. The van der Waals surface area contributed by atoms with E-state index < -0.39 is 0 Å². The standard InChI is InChI=1S/C38H51BrO3/c1-23(2)27-15-18-38(33(41)42-8)20-19-36(6)28(31(27)38)13-14-30-35(5)22-25(21-24-9-11-26(39)12-10-24)32(40)34(3,4)29(35)16-17-37(30,36)7/h9-12,21,27-31H,1,13-20,22H2,2-8H3/b25-21+/t27-,28+,29+,30-,31+,35-,36+,37-,38+/m0/s1. The van der Waals surface area contributed by atoms with Gasteiger partial charge in [0.1, 0.15) is 0 Å². The molecule has 42 heavy (non-hydrogen) atoms. The van der Waals surface area contributed by atoms with Gasteiger partial charge >= 0.3 is 5.97 Å². The molecule has 0 aromatic heterocycles. The molecule has 0 amide bonds. The molecule has 0 spiro atoms. The number of hydrogen-bond donors (Lipinski definition) is 0. The van der Waals surface area contributed by atoms with E-state index >= 15 is 0 Å². The van der Waals surface area contributed by atoms with Crippen molar-refractivity contribution in [2.24, 2.45) is 56.7 Å². The second-order valence-electron chi connectivity index (χ2n) is 16.3. The van der Waals surface area contributed by atoms with Gasteiger partial charge in [0, 0.05) is 9.89 Å². The number of esters is 1. The van der Waals surface area contributed by atoms with Crippen molar-refractivity contribution in [1.82, 2.24) is 0 Å². The zero-order valence-corrected chi connectivity index (χ0v) is 28.5. The molecule has 0 aliphatic heterocycles. The molecule has 1 aromatic carbocycles. The van der Waals surface area contributed by atoms with Gasteiger partial charge in [-0.1, -0.05) is 74.8 Å². The molecule has 9 atom stereocenters.